The molecule has 0 saturated heterocycles. The van der Waals surface area contributed by atoms with Crippen LogP contribution in [0.5, 0.6) is 5.75 Å². The Bertz CT molecular complexity index is 1700. The van der Waals surface area contributed by atoms with Crippen LogP contribution in [0.25, 0.3) is 0 Å². The summed E-state index contributed by atoms with van der Waals surface area (Å²) in [4.78, 5) is 61.1. The molecule has 0 bridgehead atoms. The summed E-state index contributed by atoms with van der Waals surface area (Å²) >= 11 is 13.2. The fraction of sp³-hybridized carbons (Fsp3) is 0.450. The molecule has 2 aromatic rings. The van der Waals surface area contributed by atoms with Crippen molar-refractivity contribution in [3.8, 4) is 5.75 Å². The van der Waals surface area contributed by atoms with Gasteiger partial charge in [-0.25, -0.2) is 9.59 Å². The van der Waals surface area contributed by atoms with E-state index in [2.05, 4.69) is 27.4 Å². The smallest absolute Gasteiger partial charge is 0.413 e. The average molecular weight is 803 g/mol. The normalized spacial score (nSPS) is 12.3. The zero-order chi connectivity index (χ0) is 41.2. The minimum absolute atomic E-state index is 0.00203. The molecule has 0 heterocycles. The fourth-order valence-corrected chi connectivity index (χ4v) is 5.58. The quantitative estimate of drug-likeness (QED) is 0.0241. The number of carbonyl (C=O) groups is 4. The van der Waals surface area contributed by atoms with Crippen LogP contribution in [-0.2, 0) is 30.4 Å². The van der Waals surface area contributed by atoms with Gasteiger partial charge >= 0.3 is 12.1 Å². The SMILES string of the molecule is C=CCOc1ccc(C(CC(=O)N=C(Cc2cc(Cl)c(NC(=O)CNCCCCC=CC(=O)OC(C)(C)C)c(Cl)c2)N(C(=O)O)C(C)(C)C)=NOCC)cc1. The first-order chi connectivity index (χ1) is 25.8. The van der Waals surface area contributed by atoms with E-state index in [0.717, 1.165) is 17.7 Å². The molecule has 0 atom stereocenters. The van der Waals surface area contributed by atoms with Gasteiger partial charge in [-0.2, -0.15) is 4.99 Å². The van der Waals surface area contributed by atoms with Gasteiger partial charge in [0.15, 0.2) is 0 Å². The van der Waals surface area contributed by atoms with Gasteiger partial charge in [0.25, 0.3) is 5.91 Å². The van der Waals surface area contributed by atoms with Crippen molar-refractivity contribution < 1.29 is 38.6 Å². The van der Waals surface area contributed by atoms with Crippen LogP contribution >= 0.6 is 23.2 Å². The number of amidine groups is 1. The van der Waals surface area contributed by atoms with Gasteiger partial charge in [0.1, 0.15) is 30.4 Å². The highest BCUT2D eigenvalue weighted by molar-refractivity contribution is 6.40. The van der Waals surface area contributed by atoms with E-state index in [4.69, 9.17) is 37.5 Å². The van der Waals surface area contributed by atoms with E-state index >= 15 is 0 Å². The number of carbonyl (C=O) groups excluding carboxylic acids is 3. The second-order valence-corrected chi connectivity index (χ2v) is 15.0. The molecular weight excluding hydrogens is 749 g/mol. The number of hydrogen-bond donors (Lipinski definition) is 3. The molecule has 0 radical (unpaired) electrons. The van der Waals surface area contributed by atoms with Crippen molar-refractivity contribution in [1.82, 2.24) is 10.2 Å². The zero-order valence-electron chi connectivity index (χ0n) is 32.7. The number of esters is 1. The molecule has 0 aliphatic heterocycles. The monoisotopic (exact) mass is 801 g/mol. The molecule has 0 aliphatic rings. The van der Waals surface area contributed by atoms with Crippen molar-refractivity contribution in [2.24, 2.45) is 10.1 Å². The Morgan fingerprint density at radius 2 is 1.65 bits per heavy atom. The Kier molecular flexibility index (Phi) is 19.1. The number of nitrogens with zero attached hydrogens (tertiary/aromatic N) is 3. The molecule has 0 spiro atoms. The van der Waals surface area contributed by atoms with Crippen molar-refractivity contribution in [3.63, 3.8) is 0 Å². The van der Waals surface area contributed by atoms with Crippen molar-refractivity contribution in [2.75, 3.05) is 31.6 Å². The molecule has 0 unspecified atom stereocenters. The summed E-state index contributed by atoms with van der Waals surface area (Å²) in [7, 11) is 0. The van der Waals surface area contributed by atoms with Crippen LogP contribution in [0.4, 0.5) is 10.5 Å². The summed E-state index contributed by atoms with van der Waals surface area (Å²) in [6.07, 6.45) is 5.34. The number of allylic oxidation sites excluding steroid dienone is 1. The van der Waals surface area contributed by atoms with Crippen molar-refractivity contribution in [1.29, 1.82) is 0 Å². The first-order valence-corrected chi connectivity index (χ1v) is 18.6. The van der Waals surface area contributed by atoms with Gasteiger partial charge in [0.05, 0.1) is 34.4 Å². The van der Waals surface area contributed by atoms with E-state index in [0.29, 0.717) is 36.4 Å². The molecule has 2 rings (SSSR count). The third-order valence-electron chi connectivity index (χ3n) is 7.20. The molecule has 3 amide bonds. The first-order valence-electron chi connectivity index (χ1n) is 17.9. The lowest BCUT2D eigenvalue weighted by Crippen LogP contribution is -2.49. The number of ether oxygens (including phenoxy) is 2. The second kappa shape index (κ2) is 22.6. The number of amides is 3. The predicted octanol–water partition coefficient (Wildman–Crippen LogP) is 8.23. The highest BCUT2D eigenvalue weighted by Gasteiger charge is 2.32. The number of hydrogen-bond acceptors (Lipinski definition) is 9. The zero-order valence-corrected chi connectivity index (χ0v) is 34.2. The van der Waals surface area contributed by atoms with Crippen molar-refractivity contribution in [3.05, 3.63) is 82.4 Å². The number of aliphatic imine (C=N–C) groups is 1. The van der Waals surface area contributed by atoms with Gasteiger partial charge < -0.3 is 30.1 Å². The lowest BCUT2D eigenvalue weighted by atomic mass is 10.0. The molecule has 0 fully saturated rings. The molecular formula is C40H53Cl2N5O8. The van der Waals surface area contributed by atoms with Gasteiger partial charge in [-0.15, -0.1) is 0 Å². The van der Waals surface area contributed by atoms with Gasteiger partial charge in [0.2, 0.25) is 5.91 Å². The van der Waals surface area contributed by atoms with Crippen LogP contribution in [0.3, 0.4) is 0 Å². The van der Waals surface area contributed by atoms with Crippen LogP contribution in [0, 0.1) is 0 Å². The van der Waals surface area contributed by atoms with E-state index < -0.39 is 23.1 Å². The highest BCUT2D eigenvalue weighted by atomic mass is 35.5. The number of benzene rings is 2. The third kappa shape index (κ3) is 17.5. The number of halogens is 2. The number of oxime groups is 1. The summed E-state index contributed by atoms with van der Waals surface area (Å²) in [6.45, 7) is 17.0. The summed E-state index contributed by atoms with van der Waals surface area (Å²) < 4.78 is 10.8. The van der Waals surface area contributed by atoms with Gasteiger partial charge in [-0.05, 0) is 116 Å². The Morgan fingerprint density at radius 1 is 1.00 bits per heavy atom. The topological polar surface area (TPSA) is 168 Å². The largest absolute Gasteiger partial charge is 0.490 e. The summed E-state index contributed by atoms with van der Waals surface area (Å²) in [6, 6.07) is 9.96. The van der Waals surface area contributed by atoms with Crippen LogP contribution < -0.4 is 15.4 Å². The maximum absolute atomic E-state index is 13.5. The number of carboxylic acid groups (broad SMARTS) is 1. The van der Waals surface area contributed by atoms with Gasteiger partial charge in [0, 0.05) is 23.6 Å². The van der Waals surface area contributed by atoms with E-state index in [9.17, 15) is 24.3 Å². The van der Waals surface area contributed by atoms with Gasteiger partial charge in [-0.3, -0.25) is 14.5 Å². The Hall–Kier alpha value is -4.72. The standard InChI is InChI=1S/C40H53Cl2N5O8/c1-9-21-53-29-18-16-28(17-19-29)32(46-54-10-2)25-34(48)44-33(47(38(51)52)39(3,4)5)24-27-22-30(41)37(31(42)23-27)45-35(49)26-43-20-14-12-11-13-15-36(50)55-40(6,7)8/h9,13,15-19,22-23,43H,1,10-12,14,20-21,24-26H2,2-8H3,(H,45,49)(H,51,52). The van der Waals surface area contributed by atoms with Crippen LogP contribution in [-0.4, -0.2) is 82.9 Å². The van der Waals surface area contributed by atoms with Crippen LogP contribution in [0.15, 0.2) is 71.4 Å². The minimum atomic E-state index is -1.32. The molecule has 2 aromatic carbocycles. The lowest BCUT2D eigenvalue weighted by Gasteiger charge is -2.34. The van der Waals surface area contributed by atoms with Crippen molar-refractivity contribution >= 4 is 64.3 Å². The lowest BCUT2D eigenvalue weighted by molar-refractivity contribution is -0.148. The molecule has 0 saturated carbocycles. The molecule has 300 valence electrons. The first kappa shape index (κ1) is 46.4. The van der Waals surface area contributed by atoms with E-state index in [1.165, 1.54) is 18.2 Å². The maximum Gasteiger partial charge on any atom is 0.413 e. The van der Waals surface area contributed by atoms with Crippen LogP contribution in [0.2, 0.25) is 10.0 Å². The molecule has 15 heteroatoms. The van der Waals surface area contributed by atoms with Crippen LogP contribution in [0.1, 0.15) is 85.3 Å². The molecule has 3 N–H and O–H groups in total. The predicted molar refractivity (Wildman–Crippen MR) is 217 cm³/mol. The number of nitrogens with one attached hydrogen (secondary N) is 2. The molecule has 0 aromatic heterocycles. The Balaban J connectivity index is 2.17. The summed E-state index contributed by atoms with van der Waals surface area (Å²) in [5.74, 6) is -0.889. The van der Waals surface area contributed by atoms with E-state index in [1.807, 2.05) is 20.8 Å². The maximum atomic E-state index is 13.5. The second-order valence-electron chi connectivity index (χ2n) is 14.2. The number of anilines is 1. The van der Waals surface area contributed by atoms with E-state index in [1.54, 1.807) is 64.1 Å². The summed E-state index contributed by atoms with van der Waals surface area (Å²) in [5.41, 5.74) is -0.0138. The Morgan fingerprint density at radius 3 is 2.22 bits per heavy atom. The van der Waals surface area contributed by atoms with Gasteiger partial charge in [-0.1, -0.05) is 47.1 Å². The Labute approximate surface area is 333 Å². The highest BCUT2D eigenvalue weighted by Crippen LogP contribution is 2.33. The third-order valence-corrected chi connectivity index (χ3v) is 7.80. The number of rotatable bonds is 19. The minimum Gasteiger partial charge on any atom is -0.490 e. The molecule has 13 nitrogen and oxygen atoms in total. The van der Waals surface area contributed by atoms with E-state index in [-0.39, 0.29) is 65.1 Å². The molecule has 55 heavy (non-hydrogen) atoms. The fourth-order valence-electron chi connectivity index (χ4n) is 4.95. The average Bonchev–Trinajstić information content (AvgIpc) is 3.07. The van der Waals surface area contributed by atoms with Crippen molar-refractivity contribution in [2.45, 2.75) is 91.7 Å². The number of unbranched alkanes of at least 4 members (excludes halogenated alkanes) is 2. The molecule has 0 aliphatic carbocycles. The summed E-state index contributed by atoms with van der Waals surface area (Å²) in [5, 5.41) is 20.4.